The number of carboxylic acid groups (broad SMARTS) is 1. The molecule has 0 aliphatic heterocycles. The summed E-state index contributed by atoms with van der Waals surface area (Å²) >= 11 is 0. The Morgan fingerprint density at radius 1 is 0.968 bits per heavy atom. The lowest BCUT2D eigenvalue weighted by molar-refractivity contribution is -0.151. The van der Waals surface area contributed by atoms with Crippen LogP contribution in [0.25, 0.3) is 0 Å². The van der Waals surface area contributed by atoms with Crippen molar-refractivity contribution in [3.05, 3.63) is 102 Å². The molecule has 31 heavy (non-hydrogen) atoms. The van der Waals surface area contributed by atoms with Gasteiger partial charge in [0.15, 0.2) is 6.10 Å². The SMILES string of the molecule is COc1cccc([C@H](C)N)c1.O=C(O)[C@@H](O)C(CO)(c1ccccc1)c1ccccc1. The highest BCUT2D eigenvalue weighted by molar-refractivity contribution is 5.76. The van der Waals surface area contributed by atoms with Gasteiger partial charge in [0.25, 0.3) is 0 Å². The van der Waals surface area contributed by atoms with E-state index in [0.29, 0.717) is 11.1 Å². The number of nitrogens with two attached hydrogens (primary N) is 1. The predicted octanol–water partition coefficient (Wildman–Crippen LogP) is 3.13. The van der Waals surface area contributed by atoms with E-state index in [2.05, 4.69) is 0 Å². The van der Waals surface area contributed by atoms with Gasteiger partial charge in [0.05, 0.1) is 19.1 Å². The molecule has 0 bridgehead atoms. The second-order valence-corrected chi connectivity index (χ2v) is 7.17. The first-order valence-electron chi connectivity index (χ1n) is 9.89. The number of benzene rings is 3. The summed E-state index contributed by atoms with van der Waals surface area (Å²) in [6.07, 6.45) is -1.74. The van der Waals surface area contributed by atoms with E-state index in [4.69, 9.17) is 10.5 Å². The van der Waals surface area contributed by atoms with Crippen LogP contribution in [0.5, 0.6) is 5.75 Å². The summed E-state index contributed by atoms with van der Waals surface area (Å²) in [7, 11) is 1.65. The molecule has 3 aromatic rings. The molecule has 164 valence electrons. The van der Waals surface area contributed by atoms with Gasteiger partial charge in [0.2, 0.25) is 0 Å². The van der Waals surface area contributed by atoms with Crippen LogP contribution in [0.3, 0.4) is 0 Å². The standard InChI is InChI=1S/C16H16O4.C9H13NO/c17-11-16(14(18)15(19)20,12-7-3-1-4-8-12)13-9-5-2-6-10-13;1-7(10)8-4-3-5-9(6-8)11-2/h1-10,14,17-18H,11H2,(H,19,20);3-7H,10H2,1-2H3/t14-;7-/m10/s1. The van der Waals surface area contributed by atoms with Gasteiger partial charge in [-0.15, -0.1) is 0 Å². The van der Waals surface area contributed by atoms with Crippen LogP contribution in [0.15, 0.2) is 84.9 Å². The van der Waals surface area contributed by atoms with Crippen LogP contribution < -0.4 is 10.5 Å². The third-order valence-electron chi connectivity index (χ3n) is 5.15. The lowest BCUT2D eigenvalue weighted by atomic mass is 9.71. The molecular formula is C25H29NO5. The molecule has 0 saturated heterocycles. The van der Waals surface area contributed by atoms with Gasteiger partial charge < -0.3 is 25.8 Å². The topological polar surface area (TPSA) is 113 Å². The molecule has 6 nitrogen and oxygen atoms in total. The molecule has 0 aromatic heterocycles. The van der Waals surface area contributed by atoms with E-state index in [-0.39, 0.29) is 6.04 Å². The zero-order valence-corrected chi connectivity index (χ0v) is 17.7. The number of aliphatic carboxylic acids is 1. The minimum atomic E-state index is -1.74. The molecule has 0 aliphatic carbocycles. The Morgan fingerprint density at radius 2 is 1.48 bits per heavy atom. The first-order valence-corrected chi connectivity index (χ1v) is 9.89. The van der Waals surface area contributed by atoms with E-state index in [0.717, 1.165) is 11.3 Å². The van der Waals surface area contributed by atoms with Crippen LogP contribution in [-0.2, 0) is 10.2 Å². The highest BCUT2D eigenvalue weighted by Crippen LogP contribution is 2.35. The first kappa shape index (κ1) is 24.1. The summed E-state index contributed by atoms with van der Waals surface area (Å²) in [5, 5.41) is 29.3. The third-order valence-corrected chi connectivity index (χ3v) is 5.15. The first-order chi connectivity index (χ1) is 14.9. The van der Waals surface area contributed by atoms with Crippen molar-refractivity contribution >= 4 is 5.97 Å². The van der Waals surface area contributed by atoms with Crippen molar-refractivity contribution in [2.24, 2.45) is 5.73 Å². The van der Waals surface area contributed by atoms with Crippen LogP contribution in [-0.4, -0.2) is 41.1 Å². The Kier molecular flexibility index (Phi) is 8.75. The highest BCUT2D eigenvalue weighted by Gasteiger charge is 2.44. The summed E-state index contributed by atoms with van der Waals surface area (Å²) in [5.74, 6) is -0.508. The lowest BCUT2D eigenvalue weighted by Crippen LogP contribution is -2.48. The largest absolute Gasteiger partial charge is 0.497 e. The Hall–Kier alpha value is -3.19. The third kappa shape index (κ3) is 5.70. The van der Waals surface area contributed by atoms with Gasteiger partial charge in [-0.25, -0.2) is 4.79 Å². The second-order valence-electron chi connectivity index (χ2n) is 7.17. The number of methoxy groups -OCH3 is 1. The lowest BCUT2D eigenvalue weighted by Gasteiger charge is -2.35. The van der Waals surface area contributed by atoms with E-state index in [1.165, 1.54) is 0 Å². The zero-order chi connectivity index (χ0) is 22.9. The molecule has 0 saturated carbocycles. The van der Waals surface area contributed by atoms with Gasteiger partial charge in [-0.1, -0.05) is 72.8 Å². The molecule has 0 heterocycles. The van der Waals surface area contributed by atoms with Crippen LogP contribution in [0.2, 0.25) is 0 Å². The quantitative estimate of drug-likeness (QED) is 0.464. The van der Waals surface area contributed by atoms with Crippen molar-refractivity contribution in [1.29, 1.82) is 0 Å². The summed E-state index contributed by atoms with van der Waals surface area (Å²) in [5.41, 5.74) is 6.52. The number of rotatable bonds is 7. The highest BCUT2D eigenvalue weighted by atomic mass is 16.5. The van der Waals surface area contributed by atoms with Gasteiger partial charge >= 0.3 is 5.97 Å². The van der Waals surface area contributed by atoms with Crippen molar-refractivity contribution in [2.75, 3.05) is 13.7 Å². The maximum Gasteiger partial charge on any atom is 0.333 e. The molecule has 2 atom stereocenters. The molecule has 0 amide bonds. The maximum absolute atomic E-state index is 11.3. The molecule has 0 spiro atoms. The van der Waals surface area contributed by atoms with E-state index in [9.17, 15) is 20.1 Å². The molecule has 0 radical (unpaired) electrons. The smallest absolute Gasteiger partial charge is 0.333 e. The molecule has 0 aliphatic rings. The van der Waals surface area contributed by atoms with Crippen LogP contribution in [0.4, 0.5) is 0 Å². The zero-order valence-electron chi connectivity index (χ0n) is 17.7. The Bertz CT molecular complexity index is 905. The van der Waals surface area contributed by atoms with E-state index < -0.39 is 24.1 Å². The van der Waals surface area contributed by atoms with E-state index in [1.54, 1.807) is 67.8 Å². The van der Waals surface area contributed by atoms with Crippen LogP contribution >= 0.6 is 0 Å². The Labute approximate surface area is 182 Å². The van der Waals surface area contributed by atoms with Crippen molar-refractivity contribution in [1.82, 2.24) is 0 Å². The van der Waals surface area contributed by atoms with Crippen LogP contribution in [0, 0.1) is 0 Å². The normalized spacial score (nSPS) is 12.8. The fourth-order valence-electron chi connectivity index (χ4n) is 3.36. The summed E-state index contributed by atoms with van der Waals surface area (Å²) < 4.78 is 5.05. The molecule has 0 unspecified atom stereocenters. The molecule has 5 N–H and O–H groups in total. The number of carbonyl (C=O) groups is 1. The van der Waals surface area contributed by atoms with Crippen molar-refractivity contribution < 1.29 is 24.9 Å². The minimum Gasteiger partial charge on any atom is -0.497 e. The van der Waals surface area contributed by atoms with Gasteiger partial charge in [-0.2, -0.15) is 0 Å². The Balaban J connectivity index is 0.000000262. The second kappa shape index (κ2) is 11.3. The summed E-state index contributed by atoms with van der Waals surface area (Å²) in [4.78, 5) is 11.3. The monoisotopic (exact) mass is 423 g/mol. The fraction of sp³-hybridized carbons (Fsp3) is 0.240. The molecular weight excluding hydrogens is 394 g/mol. The maximum atomic E-state index is 11.3. The predicted molar refractivity (Wildman–Crippen MR) is 120 cm³/mol. The van der Waals surface area contributed by atoms with Crippen molar-refractivity contribution in [3.8, 4) is 5.75 Å². The molecule has 6 heteroatoms. The van der Waals surface area contributed by atoms with Gasteiger partial charge in [-0.3, -0.25) is 0 Å². The number of carboxylic acids is 1. The van der Waals surface area contributed by atoms with Gasteiger partial charge in [0, 0.05) is 6.04 Å². The average molecular weight is 424 g/mol. The van der Waals surface area contributed by atoms with Gasteiger partial charge in [0.1, 0.15) is 5.75 Å². The number of hydrogen-bond donors (Lipinski definition) is 4. The molecule has 3 rings (SSSR count). The number of aliphatic hydroxyl groups is 2. The number of hydrogen-bond acceptors (Lipinski definition) is 5. The minimum absolute atomic E-state index is 0.0742. The summed E-state index contributed by atoms with van der Waals surface area (Å²) in [6, 6.07) is 25.3. The average Bonchev–Trinajstić information content (AvgIpc) is 2.81. The summed E-state index contributed by atoms with van der Waals surface area (Å²) in [6.45, 7) is 1.45. The van der Waals surface area contributed by atoms with Gasteiger partial charge in [-0.05, 0) is 35.7 Å². The Morgan fingerprint density at radius 3 is 1.87 bits per heavy atom. The molecule has 3 aromatic carbocycles. The molecule has 0 fully saturated rings. The van der Waals surface area contributed by atoms with Crippen molar-refractivity contribution in [2.45, 2.75) is 24.5 Å². The van der Waals surface area contributed by atoms with E-state index in [1.807, 2.05) is 31.2 Å². The van der Waals surface area contributed by atoms with Crippen molar-refractivity contribution in [3.63, 3.8) is 0 Å². The number of ether oxygens (including phenoxy) is 1. The fourth-order valence-corrected chi connectivity index (χ4v) is 3.36. The number of aliphatic hydroxyl groups excluding tert-OH is 2. The van der Waals surface area contributed by atoms with E-state index >= 15 is 0 Å². The van der Waals surface area contributed by atoms with Crippen LogP contribution in [0.1, 0.15) is 29.7 Å².